The standard InChI is InChI=1S/C20H17F3N4O/c21-20(22,23)17-11-18(27-19(26-17)13-5-8-24-9-6-13)25-12-14-7-10-28-16-4-2-1-3-15(14)16/h1-6,8-9,11,14H,7,10,12H2,(H,25,26,27). The molecule has 0 bridgehead atoms. The van der Waals surface area contributed by atoms with E-state index in [1.165, 1.54) is 12.4 Å². The van der Waals surface area contributed by atoms with Gasteiger partial charge in [-0.15, -0.1) is 0 Å². The van der Waals surface area contributed by atoms with Gasteiger partial charge in [-0.05, 0) is 30.2 Å². The van der Waals surface area contributed by atoms with Gasteiger partial charge in [0.25, 0.3) is 0 Å². The Labute approximate surface area is 159 Å². The maximum atomic E-state index is 13.3. The van der Waals surface area contributed by atoms with Crippen LogP contribution in [0, 0.1) is 0 Å². The van der Waals surface area contributed by atoms with Crippen molar-refractivity contribution in [3.63, 3.8) is 0 Å². The summed E-state index contributed by atoms with van der Waals surface area (Å²) in [7, 11) is 0. The van der Waals surface area contributed by atoms with Gasteiger partial charge in [0.1, 0.15) is 11.6 Å². The number of hydrogen-bond acceptors (Lipinski definition) is 5. The van der Waals surface area contributed by atoms with E-state index in [0.29, 0.717) is 18.7 Å². The maximum absolute atomic E-state index is 13.3. The monoisotopic (exact) mass is 386 g/mol. The van der Waals surface area contributed by atoms with Crippen molar-refractivity contribution in [1.82, 2.24) is 15.0 Å². The minimum atomic E-state index is -4.56. The normalized spacial score (nSPS) is 16.2. The zero-order chi connectivity index (χ0) is 19.6. The SMILES string of the molecule is FC(F)(F)c1cc(NCC2CCOc3ccccc32)nc(-c2ccncc2)n1. The summed E-state index contributed by atoms with van der Waals surface area (Å²) in [5.41, 5.74) is 0.533. The van der Waals surface area contributed by atoms with Crippen LogP contribution in [-0.2, 0) is 6.18 Å². The van der Waals surface area contributed by atoms with Gasteiger partial charge in [0.2, 0.25) is 0 Å². The van der Waals surface area contributed by atoms with Gasteiger partial charge in [-0.2, -0.15) is 13.2 Å². The van der Waals surface area contributed by atoms with Crippen LogP contribution >= 0.6 is 0 Å². The summed E-state index contributed by atoms with van der Waals surface area (Å²) in [6.07, 6.45) is -0.805. The van der Waals surface area contributed by atoms with Crippen LogP contribution in [0.5, 0.6) is 5.75 Å². The number of ether oxygens (including phenoxy) is 1. The highest BCUT2D eigenvalue weighted by Crippen LogP contribution is 2.34. The molecule has 0 spiro atoms. The van der Waals surface area contributed by atoms with Crippen LogP contribution < -0.4 is 10.1 Å². The molecule has 2 aromatic heterocycles. The van der Waals surface area contributed by atoms with Crippen LogP contribution in [0.3, 0.4) is 0 Å². The second-order valence-electron chi connectivity index (χ2n) is 6.45. The Morgan fingerprint density at radius 3 is 2.64 bits per heavy atom. The fourth-order valence-electron chi connectivity index (χ4n) is 3.17. The van der Waals surface area contributed by atoms with E-state index >= 15 is 0 Å². The van der Waals surface area contributed by atoms with Crippen LogP contribution in [0.1, 0.15) is 23.6 Å². The Balaban J connectivity index is 1.61. The van der Waals surface area contributed by atoms with Crippen molar-refractivity contribution >= 4 is 5.82 Å². The first kappa shape index (κ1) is 18.2. The van der Waals surface area contributed by atoms with E-state index in [1.807, 2.05) is 24.3 Å². The molecule has 0 saturated heterocycles. The highest BCUT2D eigenvalue weighted by Gasteiger charge is 2.34. The maximum Gasteiger partial charge on any atom is 0.433 e. The first-order valence-electron chi connectivity index (χ1n) is 8.83. The summed E-state index contributed by atoms with van der Waals surface area (Å²) in [4.78, 5) is 11.8. The second kappa shape index (κ2) is 7.46. The Morgan fingerprint density at radius 1 is 1.07 bits per heavy atom. The number of aromatic nitrogens is 3. The zero-order valence-electron chi connectivity index (χ0n) is 14.8. The topological polar surface area (TPSA) is 59.9 Å². The van der Waals surface area contributed by atoms with Crippen LogP contribution in [-0.4, -0.2) is 28.1 Å². The fourth-order valence-corrected chi connectivity index (χ4v) is 3.17. The van der Waals surface area contributed by atoms with Gasteiger partial charge in [-0.1, -0.05) is 18.2 Å². The molecule has 8 heteroatoms. The van der Waals surface area contributed by atoms with Crippen LogP contribution in [0.25, 0.3) is 11.4 Å². The van der Waals surface area contributed by atoms with Crippen molar-refractivity contribution in [2.75, 3.05) is 18.5 Å². The quantitative estimate of drug-likeness (QED) is 0.714. The Hall–Kier alpha value is -3.16. The molecule has 5 nitrogen and oxygen atoms in total. The number of fused-ring (bicyclic) bond motifs is 1. The first-order chi connectivity index (χ1) is 13.5. The number of nitrogens with zero attached hydrogens (tertiary/aromatic N) is 3. The molecule has 0 fully saturated rings. The summed E-state index contributed by atoms with van der Waals surface area (Å²) < 4.78 is 45.6. The van der Waals surface area contributed by atoms with Gasteiger partial charge >= 0.3 is 6.18 Å². The van der Waals surface area contributed by atoms with E-state index in [0.717, 1.165) is 23.8 Å². The molecule has 1 aliphatic rings. The smallest absolute Gasteiger partial charge is 0.433 e. The lowest BCUT2D eigenvalue weighted by atomic mass is 9.93. The van der Waals surface area contributed by atoms with Gasteiger partial charge < -0.3 is 10.1 Å². The number of rotatable bonds is 4. The van der Waals surface area contributed by atoms with Gasteiger partial charge in [-0.3, -0.25) is 4.98 Å². The van der Waals surface area contributed by atoms with Crippen LogP contribution in [0.4, 0.5) is 19.0 Å². The summed E-state index contributed by atoms with van der Waals surface area (Å²) in [6.45, 7) is 1.02. The van der Waals surface area contributed by atoms with Crippen molar-refractivity contribution in [2.24, 2.45) is 0 Å². The zero-order valence-corrected chi connectivity index (χ0v) is 14.8. The van der Waals surface area contributed by atoms with Gasteiger partial charge in [0, 0.05) is 36.5 Å². The average Bonchev–Trinajstić information content (AvgIpc) is 2.72. The lowest BCUT2D eigenvalue weighted by Gasteiger charge is -2.26. The minimum Gasteiger partial charge on any atom is -0.493 e. The van der Waals surface area contributed by atoms with E-state index in [2.05, 4.69) is 20.3 Å². The number of hydrogen-bond donors (Lipinski definition) is 1. The molecule has 1 N–H and O–H groups in total. The summed E-state index contributed by atoms with van der Waals surface area (Å²) in [6, 6.07) is 11.8. The molecule has 0 saturated carbocycles. The molecule has 0 aliphatic carbocycles. The predicted octanol–water partition coefficient (Wildman–Crippen LogP) is 4.54. The molecule has 0 radical (unpaired) electrons. The predicted molar refractivity (Wildman–Crippen MR) is 98.0 cm³/mol. The fraction of sp³-hybridized carbons (Fsp3) is 0.250. The molecule has 4 rings (SSSR count). The number of para-hydroxylation sites is 1. The molecule has 0 amide bonds. The van der Waals surface area contributed by atoms with Gasteiger partial charge in [0.15, 0.2) is 11.5 Å². The Morgan fingerprint density at radius 2 is 1.86 bits per heavy atom. The minimum absolute atomic E-state index is 0.00658. The molecule has 28 heavy (non-hydrogen) atoms. The Bertz CT molecular complexity index is 963. The number of anilines is 1. The van der Waals surface area contributed by atoms with E-state index in [9.17, 15) is 13.2 Å². The molecular formula is C20H17F3N4O. The summed E-state index contributed by atoms with van der Waals surface area (Å²) >= 11 is 0. The largest absolute Gasteiger partial charge is 0.493 e. The lowest BCUT2D eigenvalue weighted by Crippen LogP contribution is -2.21. The average molecular weight is 386 g/mol. The molecule has 3 heterocycles. The molecule has 1 unspecified atom stereocenters. The van der Waals surface area contributed by atoms with Crippen molar-refractivity contribution in [3.8, 4) is 17.1 Å². The molecule has 1 aromatic carbocycles. The van der Waals surface area contributed by atoms with Crippen molar-refractivity contribution in [1.29, 1.82) is 0 Å². The first-order valence-corrected chi connectivity index (χ1v) is 8.83. The number of benzene rings is 1. The van der Waals surface area contributed by atoms with Crippen LogP contribution in [0.2, 0.25) is 0 Å². The van der Waals surface area contributed by atoms with Gasteiger partial charge in [0.05, 0.1) is 6.61 Å². The number of nitrogens with one attached hydrogen (secondary N) is 1. The molecule has 144 valence electrons. The second-order valence-corrected chi connectivity index (χ2v) is 6.45. The van der Waals surface area contributed by atoms with Crippen molar-refractivity contribution in [3.05, 3.63) is 66.1 Å². The summed E-state index contributed by atoms with van der Waals surface area (Å²) in [5, 5.41) is 3.06. The lowest BCUT2D eigenvalue weighted by molar-refractivity contribution is -0.141. The number of pyridine rings is 1. The van der Waals surface area contributed by atoms with Gasteiger partial charge in [-0.25, -0.2) is 9.97 Å². The van der Waals surface area contributed by atoms with E-state index in [4.69, 9.17) is 4.74 Å². The molecular weight excluding hydrogens is 369 g/mol. The van der Waals surface area contributed by atoms with E-state index < -0.39 is 11.9 Å². The molecule has 1 atom stereocenters. The third-order valence-electron chi connectivity index (χ3n) is 4.57. The van der Waals surface area contributed by atoms with Crippen molar-refractivity contribution < 1.29 is 17.9 Å². The van der Waals surface area contributed by atoms with Crippen LogP contribution in [0.15, 0.2) is 54.9 Å². The highest BCUT2D eigenvalue weighted by atomic mass is 19.4. The van der Waals surface area contributed by atoms with Crippen molar-refractivity contribution in [2.45, 2.75) is 18.5 Å². The third-order valence-corrected chi connectivity index (χ3v) is 4.57. The highest BCUT2D eigenvalue weighted by molar-refractivity contribution is 5.57. The Kier molecular flexibility index (Phi) is 4.85. The van der Waals surface area contributed by atoms with E-state index in [-0.39, 0.29) is 17.6 Å². The summed E-state index contributed by atoms with van der Waals surface area (Å²) in [5.74, 6) is 1.08. The third kappa shape index (κ3) is 3.90. The number of alkyl halides is 3. The van der Waals surface area contributed by atoms with E-state index in [1.54, 1.807) is 12.1 Å². The molecule has 1 aliphatic heterocycles. The number of halogens is 3. The molecule has 3 aromatic rings.